The van der Waals surface area contributed by atoms with Gasteiger partial charge in [0.05, 0.1) is 18.1 Å². The van der Waals surface area contributed by atoms with E-state index in [4.69, 9.17) is 11.6 Å². The molecule has 78 valence electrons. The summed E-state index contributed by atoms with van der Waals surface area (Å²) in [5.74, 6) is 0.288. The Morgan fingerprint density at radius 3 is 2.86 bits per heavy atom. The molecule has 1 aromatic rings. The Kier molecular flexibility index (Phi) is 4.07. The van der Waals surface area contributed by atoms with Gasteiger partial charge in [-0.3, -0.25) is 4.98 Å². The Morgan fingerprint density at radius 1 is 1.57 bits per heavy atom. The van der Waals surface area contributed by atoms with E-state index in [9.17, 15) is 8.78 Å². The maximum absolute atomic E-state index is 12.1. The zero-order chi connectivity index (χ0) is 10.6. The molecule has 0 atom stereocenters. The fraction of sp³-hybridized carbons (Fsp3) is 0.444. The number of pyridine rings is 1. The first-order valence-corrected chi connectivity index (χ1v) is 4.67. The fourth-order valence-electron chi connectivity index (χ4n) is 1.09. The van der Waals surface area contributed by atoms with Gasteiger partial charge in [0.15, 0.2) is 0 Å². The molecule has 0 aliphatic heterocycles. The van der Waals surface area contributed by atoms with Crippen LogP contribution in [0, 0.1) is 0 Å². The molecule has 0 bridgehead atoms. The molecule has 2 nitrogen and oxygen atoms in total. The van der Waals surface area contributed by atoms with Gasteiger partial charge in [-0.2, -0.15) is 0 Å². The van der Waals surface area contributed by atoms with Crippen molar-refractivity contribution in [1.29, 1.82) is 0 Å². The van der Waals surface area contributed by atoms with Gasteiger partial charge in [-0.15, -0.1) is 11.6 Å². The minimum atomic E-state index is -2.34. The molecule has 0 fully saturated rings. The van der Waals surface area contributed by atoms with Crippen LogP contribution in [0.25, 0.3) is 0 Å². The number of aromatic nitrogens is 1. The van der Waals surface area contributed by atoms with E-state index in [2.05, 4.69) is 4.98 Å². The molecule has 0 aliphatic carbocycles. The number of hydrogen-bond acceptors (Lipinski definition) is 2. The van der Waals surface area contributed by atoms with Crippen molar-refractivity contribution in [3.63, 3.8) is 0 Å². The third-order valence-electron chi connectivity index (χ3n) is 1.79. The van der Waals surface area contributed by atoms with Crippen molar-refractivity contribution in [3.8, 4) is 0 Å². The first-order valence-electron chi connectivity index (χ1n) is 4.13. The summed E-state index contributed by atoms with van der Waals surface area (Å²) in [6, 6.07) is 3.38. The van der Waals surface area contributed by atoms with Crippen LogP contribution in [0.2, 0.25) is 0 Å². The van der Waals surface area contributed by atoms with Crippen LogP contribution < -0.4 is 4.90 Å². The van der Waals surface area contributed by atoms with Crippen LogP contribution >= 0.6 is 11.6 Å². The van der Waals surface area contributed by atoms with Crippen molar-refractivity contribution in [3.05, 3.63) is 24.0 Å². The molecule has 0 saturated carbocycles. The van der Waals surface area contributed by atoms with Crippen molar-refractivity contribution in [2.45, 2.75) is 12.3 Å². The number of anilines is 1. The van der Waals surface area contributed by atoms with E-state index in [1.807, 2.05) is 0 Å². The molecule has 0 saturated heterocycles. The molecule has 0 amide bonds. The molecule has 14 heavy (non-hydrogen) atoms. The van der Waals surface area contributed by atoms with Gasteiger partial charge in [0.2, 0.25) is 0 Å². The molecule has 0 unspecified atom stereocenters. The van der Waals surface area contributed by atoms with Crippen molar-refractivity contribution in [2.24, 2.45) is 0 Å². The predicted molar refractivity (Wildman–Crippen MR) is 53.1 cm³/mol. The van der Waals surface area contributed by atoms with E-state index >= 15 is 0 Å². The topological polar surface area (TPSA) is 16.1 Å². The van der Waals surface area contributed by atoms with E-state index in [-0.39, 0.29) is 12.4 Å². The van der Waals surface area contributed by atoms with Gasteiger partial charge in [0.1, 0.15) is 0 Å². The lowest BCUT2D eigenvalue weighted by atomic mass is 10.3. The Balaban J connectivity index is 2.73. The van der Waals surface area contributed by atoms with Gasteiger partial charge in [0.25, 0.3) is 6.43 Å². The third-order valence-corrected chi connectivity index (χ3v) is 2.06. The summed E-state index contributed by atoms with van der Waals surface area (Å²) >= 11 is 5.58. The van der Waals surface area contributed by atoms with Crippen LogP contribution in [0.3, 0.4) is 0 Å². The monoisotopic (exact) mass is 220 g/mol. The number of alkyl halides is 3. The SMILES string of the molecule is CN(CC(F)F)c1ccnc(CCl)c1. The van der Waals surface area contributed by atoms with Crippen molar-refractivity contribution < 1.29 is 8.78 Å². The van der Waals surface area contributed by atoms with Gasteiger partial charge in [-0.1, -0.05) is 0 Å². The normalized spacial score (nSPS) is 10.6. The van der Waals surface area contributed by atoms with Gasteiger partial charge in [-0.25, -0.2) is 8.78 Å². The highest BCUT2D eigenvalue weighted by molar-refractivity contribution is 6.16. The standard InChI is InChI=1S/C9H11ClF2N2/c1-14(6-9(11)12)8-2-3-13-7(4-8)5-10/h2-4,9H,5-6H2,1H3. The number of hydrogen-bond donors (Lipinski definition) is 0. The molecule has 0 radical (unpaired) electrons. The minimum absolute atomic E-state index is 0.286. The Hall–Kier alpha value is -0.900. The number of rotatable bonds is 4. The summed E-state index contributed by atoms with van der Waals surface area (Å²) in [4.78, 5) is 5.45. The van der Waals surface area contributed by atoms with E-state index in [1.54, 1.807) is 25.4 Å². The summed E-state index contributed by atoms with van der Waals surface area (Å²) < 4.78 is 24.1. The Labute approximate surface area is 86.5 Å². The lowest BCUT2D eigenvalue weighted by Crippen LogP contribution is -2.24. The second-order valence-electron chi connectivity index (χ2n) is 2.91. The third kappa shape index (κ3) is 3.10. The van der Waals surface area contributed by atoms with Crippen LogP contribution in [0.15, 0.2) is 18.3 Å². The zero-order valence-corrected chi connectivity index (χ0v) is 8.51. The molecule has 1 heterocycles. The molecule has 1 rings (SSSR count). The second-order valence-corrected chi connectivity index (χ2v) is 3.18. The quantitative estimate of drug-likeness (QED) is 0.725. The highest BCUT2D eigenvalue weighted by atomic mass is 35.5. The van der Waals surface area contributed by atoms with Gasteiger partial charge < -0.3 is 4.90 Å². The lowest BCUT2D eigenvalue weighted by molar-refractivity contribution is 0.156. The van der Waals surface area contributed by atoms with Crippen LogP contribution in [-0.2, 0) is 5.88 Å². The fourth-order valence-corrected chi connectivity index (χ4v) is 1.23. The van der Waals surface area contributed by atoms with Gasteiger partial charge in [-0.05, 0) is 12.1 Å². The summed E-state index contributed by atoms with van der Waals surface area (Å²) in [6.45, 7) is -0.286. The average molecular weight is 221 g/mol. The summed E-state index contributed by atoms with van der Waals surface area (Å²) in [5.41, 5.74) is 1.39. The van der Waals surface area contributed by atoms with Gasteiger partial charge >= 0.3 is 0 Å². The molecular weight excluding hydrogens is 210 g/mol. The molecule has 0 aromatic carbocycles. The lowest BCUT2D eigenvalue weighted by Gasteiger charge is -2.18. The molecule has 0 aliphatic rings. The molecule has 5 heteroatoms. The van der Waals surface area contributed by atoms with E-state index < -0.39 is 6.43 Å². The maximum Gasteiger partial charge on any atom is 0.255 e. The first kappa shape index (κ1) is 11.2. The van der Waals surface area contributed by atoms with Crippen LogP contribution in [0.1, 0.15) is 5.69 Å². The summed E-state index contributed by atoms with van der Waals surface area (Å²) in [5, 5.41) is 0. The molecule has 1 aromatic heterocycles. The predicted octanol–water partition coefficient (Wildman–Crippen LogP) is 2.52. The van der Waals surface area contributed by atoms with Gasteiger partial charge in [0, 0.05) is 18.9 Å². The maximum atomic E-state index is 12.1. The molecular formula is C9H11ClF2N2. The Morgan fingerprint density at radius 2 is 2.29 bits per heavy atom. The largest absolute Gasteiger partial charge is 0.369 e. The van der Waals surface area contributed by atoms with Crippen molar-refractivity contribution in [2.75, 3.05) is 18.5 Å². The number of nitrogens with zero attached hydrogens (tertiary/aromatic N) is 2. The van der Waals surface area contributed by atoms with Crippen molar-refractivity contribution in [1.82, 2.24) is 4.98 Å². The van der Waals surface area contributed by atoms with Crippen LogP contribution in [0.4, 0.5) is 14.5 Å². The van der Waals surface area contributed by atoms with E-state index in [1.165, 1.54) is 4.90 Å². The van der Waals surface area contributed by atoms with E-state index in [0.29, 0.717) is 11.4 Å². The average Bonchev–Trinajstić information content (AvgIpc) is 2.17. The molecule has 0 N–H and O–H groups in total. The zero-order valence-electron chi connectivity index (χ0n) is 7.75. The Bertz CT molecular complexity index is 294. The smallest absolute Gasteiger partial charge is 0.255 e. The van der Waals surface area contributed by atoms with Crippen molar-refractivity contribution >= 4 is 17.3 Å². The minimum Gasteiger partial charge on any atom is -0.369 e. The van der Waals surface area contributed by atoms with E-state index in [0.717, 1.165) is 0 Å². The first-order chi connectivity index (χ1) is 6.63. The van der Waals surface area contributed by atoms with Crippen LogP contribution in [-0.4, -0.2) is 25.0 Å². The summed E-state index contributed by atoms with van der Waals surface area (Å²) in [7, 11) is 1.61. The highest BCUT2D eigenvalue weighted by Crippen LogP contribution is 2.14. The van der Waals surface area contributed by atoms with Crippen LogP contribution in [0.5, 0.6) is 0 Å². The highest BCUT2D eigenvalue weighted by Gasteiger charge is 2.08. The summed E-state index contributed by atoms with van der Waals surface area (Å²) in [6.07, 6.45) is -0.776. The molecule has 0 spiro atoms. The number of halogens is 3. The second kappa shape index (κ2) is 5.10.